The van der Waals surface area contributed by atoms with Gasteiger partial charge in [0, 0.05) is 37.5 Å². The van der Waals surface area contributed by atoms with Crippen LogP contribution in [0.1, 0.15) is 37.4 Å². The summed E-state index contributed by atoms with van der Waals surface area (Å²) in [7, 11) is 0. The van der Waals surface area contributed by atoms with Gasteiger partial charge in [-0.3, -0.25) is 0 Å². The van der Waals surface area contributed by atoms with Crippen LogP contribution in [-0.4, -0.2) is 57.4 Å². The zero-order valence-corrected chi connectivity index (χ0v) is 16.0. The summed E-state index contributed by atoms with van der Waals surface area (Å²) in [6.07, 6.45) is 3.98. The topological polar surface area (TPSA) is 93.5 Å². The number of aryl methyl sites for hydroxylation is 1. The molecule has 2 aliphatic heterocycles. The van der Waals surface area contributed by atoms with E-state index in [2.05, 4.69) is 21.8 Å². The maximum Gasteiger partial charge on any atom is 0.165 e. The summed E-state index contributed by atoms with van der Waals surface area (Å²) in [5.74, 6) is 2.17. The second-order valence-electron chi connectivity index (χ2n) is 7.33. The van der Waals surface area contributed by atoms with E-state index in [-0.39, 0.29) is 12.6 Å². The molecule has 8 heteroatoms. The SMILES string of the molecule is Cc1ncc(-c2nc(N3CCOC[C@@H]3C)c3c(n2)C(C)(CCO)OC3)cn1. The minimum atomic E-state index is -0.627. The summed E-state index contributed by atoms with van der Waals surface area (Å²) in [5, 5.41) is 9.52. The maximum absolute atomic E-state index is 9.52. The van der Waals surface area contributed by atoms with E-state index in [4.69, 9.17) is 19.4 Å². The Balaban J connectivity index is 1.86. The van der Waals surface area contributed by atoms with Crippen LogP contribution < -0.4 is 4.90 Å². The molecule has 0 amide bonds. The third-order valence-corrected chi connectivity index (χ3v) is 5.29. The summed E-state index contributed by atoms with van der Waals surface area (Å²) < 4.78 is 11.7. The molecule has 1 fully saturated rings. The number of aliphatic hydroxyl groups is 1. The fraction of sp³-hybridized carbons (Fsp3) is 0.579. The van der Waals surface area contributed by atoms with Gasteiger partial charge in [-0.25, -0.2) is 19.9 Å². The Morgan fingerprint density at radius 1 is 1.30 bits per heavy atom. The molecule has 8 nitrogen and oxygen atoms in total. The Labute approximate surface area is 158 Å². The number of aliphatic hydroxyl groups excluding tert-OH is 1. The van der Waals surface area contributed by atoms with Gasteiger partial charge in [-0.05, 0) is 20.8 Å². The maximum atomic E-state index is 9.52. The number of rotatable bonds is 4. The molecule has 2 aliphatic rings. The van der Waals surface area contributed by atoms with Crippen LogP contribution in [0.15, 0.2) is 12.4 Å². The molecular weight excluding hydrogens is 346 g/mol. The lowest BCUT2D eigenvalue weighted by Crippen LogP contribution is -2.44. The molecule has 0 aromatic carbocycles. The highest BCUT2D eigenvalue weighted by molar-refractivity contribution is 5.61. The minimum Gasteiger partial charge on any atom is -0.396 e. The Morgan fingerprint density at radius 3 is 2.78 bits per heavy atom. The van der Waals surface area contributed by atoms with Gasteiger partial charge in [-0.15, -0.1) is 0 Å². The van der Waals surface area contributed by atoms with Crippen LogP contribution in [0.25, 0.3) is 11.4 Å². The first-order valence-corrected chi connectivity index (χ1v) is 9.31. The van der Waals surface area contributed by atoms with Gasteiger partial charge < -0.3 is 19.5 Å². The highest BCUT2D eigenvalue weighted by Crippen LogP contribution is 2.42. The van der Waals surface area contributed by atoms with Crippen LogP contribution in [0.5, 0.6) is 0 Å². The first kappa shape index (κ1) is 18.2. The fourth-order valence-corrected chi connectivity index (χ4v) is 3.66. The first-order chi connectivity index (χ1) is 13.0. The van der Waals surface area contributed by atoms with Crippen molar-refractivity contribution in [2.75, 3.05) is 31.3 Å². The molecule has 2 aromatic heterocycles. The van der Waals surface area contributed by atoms with Crippen LogP contribution in [0.4, 0.5) is 5.82 Å². The molecule has 144 valence electrons. The second-order valence-corrected chi connectivity index (χ2v) is 7.33. The standard InChI is InChI=1S/C19H25N5O3/c1-12-10-26-7-5-24(12)18-15-11-27-19(3,4-6-25)16(15)22-17(23-18)14-8-20-13(2)21-9-14/h8-9,12,25H,4-7,10-11H2,1-3H3/t12-,19?/m0/s1. The van der Waals surface area contributed by atoms with Gasteiger partial charge in [-0.2, -0.15) is 0 Å². The molecule has 0 bridgehead atoms. The zero-order chi connectivity index (χ0) is 19.0. The van der Waals surface area contributed by atoms with Crippen LogP contribution in [0.2, 0.25) is 0 Å². The molecule has 0 saturated carbocycles. The zero-order valence-electron chi connectivity index (χ0n) is 16.0. The van der Waals surface area contributed by atoms with Crippen molar-refractivity contribution >= 4 is 5.82 Å². The van der Waals surface area contributed by atoms with E-state index in [9.17, 15) is 5.11 Å². The lowest BCUT2D eigenvalue weighted by atomic mass is 9.96. The summed E-state index contributed by atoms with van der Waals surface area (Å²) in [5.41, 5.74) is 1.98. The second kappa shape index (κ2) is 7.10. The van der Waals surface area contributed by atoms with E-state index in [1.165, 1.54) is 0 Å². The number of hydrogen-bond donors (Lipinski definition) is 1. The monoisotopic (exact) mass is 371 g/mol. The number of hydrogen-bond acceptors (Lipinski definition) is 8. The van der Waals surface area contributed by atoms with Crippen molar-refractivity contribution in [2.45, 2.75) is 45.4 Å². The number of morpholine rings is 1. The lowest BCUT2D eigenvalue weighted by molar-refractivity contribution is -0.0410. The number of anilines is 1. The third kappa shape index (κ3) is 3.28. The van der Waals surface area contributed by atoms with Crippen molar-refractivity contribution in [3.63, 3.8) is 0 Å². The van der Waals surface area contributed by atoms with Crippen LogP contribution in [0, 0.1) is 6.92 Å². The largest absolute Gasteiger partial charge is 0.396 e. The van der Waals surface area contributed by atoms with Crippen molar-refractivity contribution < 1.29 is 14.6 Å². The molecule has 27 heavy (non-hydrogen) atoms. The average molecular weight is 371 g/mol. The minimum absolute atomic E-state index is 0.0339. The normalized spacial score (nSPS) is 24.9. The Bertz CT molecular complexity index is 829. The summed E-state index contributed by atoms with van der Waals surface area (Å²) in [4.78, 5) is 20.5. The Morgan fingerprint density at radius 2 is 2.07 bits per heavy atom. The predicted octanol–water partition coefficient (Wildman–Crippen LogP) is 1.59. The van der Waals surface area contributed by atoms with E-state index >= 15 is 0 Å². The molecule has 2 aromatic rings. The van der Waals surface area contributed by atoms with Gasteiger partial charge in [0.1, 0.15) is 17.2 Å². The molecule has 0 aliphatic carbocycles. The van der Waals surface area contributed by atoms with Gasteiger partial charge >= 0.3 is 0 Å². The summed E-state index contributed by atoms with van der Waals surface area (Å²) in [6.45, 7) is 8.53. The van der Waals surface area contributed by atoms with Gasteiger partial charge in [0.05, 0.1) is 37.1 Å². The third-order valence-electron chi connectivity index (χ3n) is 5.29. The van der Waals surface area contributed by atoms with Crippen molar-refractivity contribution in [2.24, 2.45) is 0 Å². The molecule has 1 N–H and O–H groups in total. The number of aromatic nitrogens is 4. The number of fused-ring (bicyclic) bond motifs is 1. The summed E-state index contributed by atoms with van der Waals surface area (Å²) in [6, 6.07) is 0.213. The highest BCUT2D eigenvalue weighted by Gasteiger charge is 2.41. The van der Waals surface area contributed by atoms with Crippen LogP contribution in [0.3, 0.4) is 0 Å². The van der Waals surface area contributed by atoms with Crippen molar-refractivity contribution in [1.82, 2.24) is 19.9 Å². The smallest absolute Gasteiger partial charge is 0.165 e. The number of nitrogens with zero attached hydrogens (tertiary/aromatic N) is 5. The molecule has 0 spiro atoms. The van der Waals surface area contributed by atoms with E-state index in [1.807, 2.05) is 13.8 Å². The fourth-order valence-electron chi connectivity index (χ4n) is 3.66. The van der Waals surface area contributed by atoms with E-state index < -0.39 is 5.60 Å². The van der Waals surface area contributed by atoms with Gasteiger partial charge in [0.2, 0.25) is 0 Å². The van der Waals surface area contributed by atoms with Gasteiger partial charge in [0.15, 0.2) is 5.82 Å². The van der Waals surface area contributed by atoms with Gasteiger partial charge in [0.25, 0.3) is 0 Å². The van der Waals surface area contributed by atoms with Gasteiger partial charge in [-0.1, -0.05) is 0 Å². The Kier molecular flexibility index (Phi) is 4.79. The lowest BCUT2D eigenvalue weighted by Gasteiger charge is -2.35. The van der Waals surface area contributed by atoms with Crippen LogP contribution >= 0.6 is 0 Å². The Hall–Kier alpha value is -2.16. The number of ether oxygens (including phenoxy) is 2. The predicted molar refractivity (Wildman–Crippen MR) is 99.3 cm³/mol. The molecule has 4 rings (SSSR count). The van der Waals surface area contributed by atoms with E-state index in [0.717, 1.165) is 29.2 Å². The summed E-state index contributed by atoms with van der Waals surface area (Å²) >= 11 is 0. The molecular formula is C19H25N5O3. The highest BCUT2D eigenvalue weighted by atomic mass is 16.5. The molecule has 0 radical (unpaired) electrons. The van der Waals surface area contributed by atoms with Crippen molar-refractivity contribution in [3.05, 3.63) is 29.5 Å². The average Bonchev–Trinajstić information content (AvgIpc) is 2.99. The molecule has 1 unspecified atom stereocenters. The molecule has 2 atom stereocenters. The molecule has 1 saturated heterocycles. The quantitative estimate of drug-likeness (QED) is 0.866. The van der Waals surface area contributed by atoms with Crippen molar-refractivity contribution in [1.29, 1.82) is 0 Å². The van der Waals surface area contributed by atoms with E-state index in [0.29, 0.717) is 37.9 Å². The first-order valence-electron chi connectivity index (χ1n) is 9.31. The van der Waals surface area contributed by atoms with Crippen molar-refractivity contribution in [3.8, 4) is 11.4 Å². The van der Waals surface area contributed by atoms with Crippen LogP contribution in [-0.2, 0) is 21.7 Å². The van der Waals surface area contributed by atoms with E-state index in [1.54, 1.807) is 12.4 Å². The molecule has 4 heterocycles.